The molecule has 0 spiro atoms. The van der Waals surface area contributed by atoms with E-state index in [1.807, 2.05) is 6.92 Å². The number of alkyl halides is 3. The highest BCUT2D eigenvalue weighted by atomic mass is 32.2. The van der Waals surface area contributed by atoms with E-state index in [0.29, 0.717) is 42.4 Å². The quantitative estimate of drug-likeness (QED) is 0.159. The molecule has 0 saturated heterocycles. The molecule has 1 aromatic heterocycles. The Balaban J connectivity index is 1.56. The van der Waals surface area contributed by atoms with Crippen molar-refractivity contribution in [1.82, 2.24) is 15.3 Å². The number of unbranched alkanes of at least 4 members (excludes halogenated alkanes) is 4. The monoisotopic (exact) mass is 619 g/mol. The van der Waals surface area contributed by atoms with Crippen LogP contribution in [0.1, 0.15) is 73.4 Å². The largest absolute Gasteiger partial charge is 0.421 e. The van der Waals surface area contributed by atoms with Crippen LogP contribution in [0, 0.1) is 0 Å². The molecule has 3 rings (SSSR count). The second-order valence-electron chi connectivity index (χ2n) is 10.1. The molecule has 9 nitrogen and oxygen atoms in total. The van der Waals surface area contributed by atoms with Gasteiger partial charge in [0.2, 0.25) is 5.95 Å². The molecule has 0 aliphatic rings. The van der Waals surface area contributed by atoms with E-state index in [1.165, 1.54) is 18.2 Å². The predicted molar refractivity (Wildman–Crippen MR) is 159 cm³/mol. The average Bonchev–Trinajstić information content (AvgIpc) is 2.96. The summed E-state index contributed by atoms with van der Waals surface area (Å²) in [4.78, 5) is 31.6. The van der Waals surface area contributed by atoms with Crippen LogP contribution in [0.2, 0.25) is 0 Å². The third-order valence-corrected chi connectivity index (χ3v) is 7.71. The second kappa shape index (κ2) is 15.5. The fourth-order valence-electron chi connectivity index (χ4n) is 4.15. The van der Waals surface area contributed by atoms with Gasteiger partial charge in [0.15, 0.2) is 9.84 Å². The van der Waals surface area contributed by atoms with E-state index in [-0.39, 0.29) is 29.1 Å². The van der Waals surface area contributed by atoms with Gasteiger partial charge in [-0.2, -0.15) is 18.2 Å². The maximum Gasteiger partial charge on any atom is 0.421 e. The smallest absolute Gasteiger partial charge is 0.365 e. The number of nitrogens with one attached hydrogen (secondary N) is 3. The number of amides is 1. The van der Waals surface area contributed by atoms with Crippen LogP contribution >= 0.6 is 0 Å². The minimum Gasteiger partial charge on any atom is -0.365 e. The van der Waals surface area contributed by atoms with Gasteiger partial charge < -0.3 is 16.0 Å². The standard InChI is InChI=1S/C30H36F3N5O4S/c1-3-24(39)11-7-5-4-6-8-17-34-28(40)22-13-15-23(16-14-22)37-29-36-20-26(30(31,32)33)27(38-29)35-19-21-10-9-12-25(18-21)43(2,41)42/h9-10,12-16,18,20H,3-8,11,17,19H2,1-2H3,(H,34,40)(H2,35,36,37,38). The number of carbonyl (C=O) groups is 2. The highest BCUT2D eigenvalue weighted by Gasteiger charge is 2.35. The van der Waals surface area contributed by atoms with Gasteiger partial charge in [-0.05, 0) is 54.8 Å². The van der Waals surface area contributed by atoms with E-state index in [9.17, 15) is 31.2 Å². The lowest BCUT2D eigenvalue weighted by atomic mass is 10.1. The van der Waals surface area contributed by atoms with Crippen LogP contribution in [0.4, 0.5) is 30.6 Å². The molecule has 0 atom stereocenters. The lowest BCUT2D eigenvalue weighted by Crippen LogP contribution is -2.24. The van der Waals surface area contributed by atoms with Crippen LogP contribution in [-0.4, -0.2) is 42.9 Å². The molecule has 1 heterocycles. The van der Waals surface area contributed by atoms with Gasteiger partial charge in [-0.25, -0.2) is 13.4 Å². The Morgan fingerprint density at radius 1 is 0.953 bits per heavy atom. The van der Waals surface area contributed by atoms with Crippen molar-refractivity contribution in [2.45, 2.75) is 69.5 Å². The molecule has 0 radical (unpaired) electrons. The number of sulfone groups is 1. The Morgan fingerprint density at radius 3 is 2.33 bits per heavy atom. The number of Topliss-reactive ketones (excluding diaryl/α,β-unsaturated/α-hetero) is 1. The number of carbonyl (C=O) groups excluding carboxylic acids is 2. The summed E-state index contributed by atoms with van der Waals surface area (Å²) in [6.07, 6.45) is 2.89. The molecule has 0 aliphatic carbocycles. The van der Waals surface area contributed by atoms with Crippen molar-refractivity contribution >= 4 is 39.0 Å². The molecule has 43 heavy (non-hydrogen) atoms. The number of rotatable bonds is 16. The normalized spacial score (nSPS) is 11.7. The predicted octanol–water partition coefficient (Wildman–Crippen LogP) is 6.30. The van der Waals surface area contributed by atoms with Gasteiger partial charge in [-0.3, -0.25) is 9.59 Å². The van der Waals surface area contributed by atoms with Crippen molar-refractivity contribution in [3.63, 3.8) is 0 Å². The van der Waals surface area contributed by atoms with E-state index in [1.54, 1.807) is 30.3 Å². The molecule has 0 unspecified atom stereocenters. The van der Waals surface area contributed by atoms with E-state index >= 15 is 0 Å². The van der Waals surface area contributed by atoms with Gasteiger partial charge in [0, 0.05) is 49.6 Å². The van der Waals surface area contributed by atoms with Crippen molar-refractivity contribution in [2.75, 3.05) is 23.4 Å². The molecule has 1 amide bonds. The van der Waals surface area contributed by atoms with Crippen molar-refractivity contribution < 1.29 is 31.2 Å². The van der Waals surface area contributed by atoms with E-state index in [0.717, 1.165) is 38.4 Å². The lowest BCUT2D eigenvalue weighted by Gasteiger charge is -2.15. The number of anilines is 3. The number of aromatic nitrogens is 2. The summed E-state index contributed by atoms with van der Waals surface area (Å²) in [6.45, 7) is 2.29. The van der Waals surface area contributed by atoms with E-state index < -0.39 is 27.4 Å². The minimum atomic E-state index is -4.72. The Hall–Kier alpha value is -4.00. The molecule has 2 aromatic carbocycles. The van der Waals surface area contributed by atoms with Crippen LogP contribution in [-0.2, 0) is 27.4 Å². The average molecular weight is 620 g/mol. The van der Waals surface area contributed by atoms with E-state index in [2.05, 4.69) is 25.9 Å². The fourth-order valence-corrected chi connectivity index (χ4v) is 4.84. The Kier molecular flexibility index (Phi) is 12.0. The van der Waals surface area contributed by atoms with Gasteiger partial charge in [0.1, 0.15) is 17.2 Å². The number of halogens is 3. The third-order valence-electron chi connectivity index (χ3n) is 6.60. The number of benzene rings is 2. The third kappa shape index (κ3) is 11.0. The molecule has 3 N–H and O–H groups in total. The molecular weight excluding hydrogens is 583 g/mol. The van der Waals surface area contributed by atoms with Gasteiger partial charge in [0.25, 0.3) is 5.91 Å². The van der Waals surface area contributed by atoms with Crippen molar-refractivity contribution in [2.24, 2.45) is 0 Å². The molecule has 0 bridgehead atoms. The lowest BCUT2D eigenvalue weighted by molar-refractivity contribution is -0.137. The first-order valence-corrected chi connectivity index (χ1v) is 15.9. The van der Waals surface area contributed by atoms with Crippen LogP contribution in [0.15, 0.2) is 59.6 Å². The van der Waals surface area contributed by atoms with Gasteiger partial charge in [0.05, 0.1) is 4.90 Å². The second-order valence-corrected chi connectivity index (χ2v) is 12.1. The maximum atomic E-state index is 13.6. The molecule has 3 aromatic rings. The van der Waals surface area contributed by atoms with Gasteiger partial charge in [-0.1, -0.05) is 38.3 Å². The zero-order chi connectivity index (χ0) is 31.5. The summed E-state index contributed by atoms with van der Waals surface area (Å²) >= 11 is 0. The first-order valence-electron chi connectivity index (χ1n) is 14.0. The highest BCUT2D eigenvalue weighted by Crippen LogP contribution is 2.34. The Labute approximate surface area is 249 Å². The molecule has 0 aliphatic heterocycles. The summed E-state index contributed by atoms with van der Waals surface area (Å²) in [5.74, 6) is -0.525. The van der Waals surface area contributed by atoms with Crippen LogP contribution < -0.4 is 16.0 Å². The maximum absolute atomic E-state index is 13.6. The molecular formula is C30H36F3N5O4S. The topological polar surface area (TPSA) is 130 Å². The molecule has 232 valence electrons. The summed E-state index contributed by atoms with van der Waals surface area (Å²) in [6, 6.07) is 12.2. The number of hydrogen-bond acceptors (Lipinski definition) is 8. The molecule has 0 fully saturated rings. The van der Waals surface area contributed by atoms with Crippen molar-refractivity contribution in [3.05, 3.63) is 71.4 Å². The Bertz CT molecular complexity index is 1500. The number of nitrogens with zero attached hydrogens (tertiary/aromatic N) is 2. The number of hydrogen-bond donors (Lipinski definition) is 3. The van der Waals surface area contributed by atoms with Gasteiger partial charge >= 0.3 is 6.18 Å². The highest BCUT2D eigenvalue weighted by molar-refractivity contribution is 7.90. The summed E-state index contributed by atoms with van der Waals surface area (Å²) in [7, 11) is -3.48. The summed E-state index contributed by atoms with van der Waals surface area (Å²) in [5, 5.41) is 8.35. The van der Waals surface area contributed by atoms with Gasteiger partial charge in [-0.15, -0.1) is 0 Å². The van der Waals surface area contributed by atoms with Crippen LogP contribution in [0.5, 0.6) is 0 Å². The zero-order valence-corrected chi connectivity index (χ0v) is 24.9. The first kappa shape index (κ1) is 33.5. The first-order chi connectivity index (χ1) is 20.4. The SMILES string of the molecule is CCC(=O)CCCCCCCNC(=O)c1ccc(Nc2ncc(C(F)(F)F)c(NCc3cccc(S(C)(=O)=O)c3)n2)cc1. The Morgan fingerprint density at radius 2 is 1.65 bits per heavy atom. The van der Waals surface area contributed by atoms with Crippen molar-refractivity contribution in [1.29, 1.82) is 0 Å². The fraction of sp³-hybridized carbons (Fsp3) is 0.400. The molecule has 0 saturated carbocycles. The minimum absolute atomic E-state index is 0.0536. The number of ketones is 1. The van der Waals surface area contributed by atoms with E-state index in [4.69, 9.17) is 0 Å². The zero-order valence-electron chi connectivity index (χ0n) is 24.1. The molecule has 13 heteroatoms. The van der Waals surface area contributed by atoms with Crippen molar-refractivity contribution in [3.8, 4) is 0 Å². The summed E-state index contributed by atoms with van der Waals surface area (Å²) in [5.41, 5.74) is 0.273. The van der Waals surface area contributed by atoms with Crippen LogP contribution in [0.3, 0.4) is 0 Å². The summed E-state index contributed by atoms with van der Waals surface area (Å²) < 4.78 is 64.5. The van der Waals surface area contributed by atoms with Crippen LogP contribution in [0.25, 0.3) is 0 Å².